The number of phenols is 3. The fourth-order valence-electron chi connectivity index (χ4n) is 5.31. The summed E-state index contributed by atoms with van der Waals surface area (Å²) in [6.45, 7) is 1.95. The van der Waals surface area contributed by atoms with Gasteiger partial charge in [0.15, 0.2) is 17.3 Å². The van der Waals surface area contributed by atoms with Gasteiger partial charge in [0.2, 0.25) is 0 Å². The highest BCUT2D eigenvalue weighted by atomic mass is 16.7. The molecule has 0 spiro atoms. The highest BCUT2D eigenvalue weighted by Gasteiger charge is 2.51. The predicted molar refractivity (Wildman–Crippen MR) is 146 cm³/mol. The van der Waals surface area contributed by atoms with Crippen LogP contribution in [0.2, 0.25) is 0 Å². The fourth-order valence-corrected chi connectivity index (χ4v) is 5.31. The Morgan fingerprint density at radius 1 is 0.864 bits per heavy atom. The van der Waals surface area contributed by atoms with Crippen LogP contribution in [0.25, 0.3) is 22.3 Å². The molecule has 0 saturated carbocycles. The Morgan fingerprint density at radius 3 is 2.20 bits per heavy atom. The first-order chi connectivity index (χ1) is 20.8. The van der Waals surface area contributed by atoms with E-state index in [0.29, 0.717) is 5.56 Å². The zero-order chi connectivity index (χ0) is 32.0. The van der Waals surface area contributed by atoms with Crippen molar-refractivity contribution < 1.29 is 69.0 Å². The first kappa shape index (κ1) is 31.6. The number of rotatable bonds is 6. The van der Waals surface area contributed by atoms with Gasteiger partial charge >= 0.3 is 5.97 Å². The summed E-state index contributed by atoms with van der Waals surface area (Å²) in [5, 5.41) is 84.1. The van der Waals surface area contributed by atoms with Crippen molar-refractivity contribution in [3.8, 4) is 28.6 Å². The number of hydrogen-bond acceptors (Lipinski definition) is 15. The molecule has 2 aromatic carbocycles. The number of aromatic hydroxyl groups is 3. The third-order valence-electron chi connectivity index (χ3n) is 7.67. The summed E-state index contributed by atoms with van der Waals surface area (Å²) in [6, 6.07) is 7.49. The number of carbonyl (C=O) groups excluding carboxylic acids is 1. The topological polar surface area (TPSA) is 246 Å². The van der Waals surface area contributed by atoms with Gasteiger partial charge in [0.25, 0.3) is 0 Å². The molecule has 0 bridgehead atoms. The molecule has 2 aliphatic rings. The molecule has 15 heteroatoms. The average molecular weight is 621 g/mol. The minimum Gasteiger partial charge on any atom is -0.508 e. The molecule has 2 saturated heterocycles. The molecule has 15 nitrogen and oxygen atoms in total. The number of benzene rings is 2. The van der Waals surface area contributed by atoms with E-state index in [0.717, 1.165) is 19.1 Å². The van der Waals surface area contributed by atoms with Gasteiger partial charge in [-0.15, -0.1) is 0 Å². The highest BCUT2D eigenvalue weighted by molar-refractivity contribution is 5.89. The van der Waals surface area contributed by atoms with E-state index in [4.69, 9.17) is 23.4 Å². The van der Waals surface area contributed by atoms with Gasteiger partial charge in [0, 0.05) is 24.6 Å². The summed E-state index contributed by atoms with van der Waals surface area (Å²) in [4.78, 5) is 24.7. The number of esters is 1. The third-order valence-corrected chi connectivity index (χ3v) is 7.67. The lowest BCUT2D eigenvalue weighted by molar-refractivity contribution is -0.338. The molecular formula is C29H32O15. The molecule has 0 amide bonds. The predicted octanol–water partition coefficient (Wildman–Crippen LogP) is -0.486. The van der Waals surface area contributed by atoms with Gasteiger partial charge in [-0.1, -0.05) is 0 Å². The van der Waals surface area contributed by atoms with Crippen molar-refractivity contribution in [3.05, 3.63) is 52.2 Å². The Morgan fingerprint density at radius 2 is 1.55 bits per heavy atom. The Kier molecular flexibility index (Phi) is 8.84. The zero-order valence-electron chi connectivity index (χ0n) is 23.4. The summed E-state index contributed by atoms with van der Waals surface area (Å²) >= 11 is 0. The van der Waals surface area contributed by atoms with Crippen LogP contribution in [0, 0.1) is 0 Å². The lowest BCUT2D eigenvalue weighted by Gasteiger charge is -2.46. The number of aliphatic hydroxyl groups excluding tert-OH is 5. The minimum atomic E-state index is -1.89. The van der Waals surface area contributed by atoms with E-state index in [9.17, 15) is 50.4 Å². The van der Waals surface area contributed by atoms with Crippen LogP contribution in [0.4, 0.5) is 0 Å². The van der Waals surface area contributed by atoms with Crippen molar-refractivity contribution in [2.75, 3.05) is 6.61 Å². The van der Waals surface area contributed by atoms with Crippen LogP contribution in [0.1, 0.15) is 25.5 Å². The summed E-state index contributed by atoms with van der Waals surface area (Å²) in [7, 11) is 0. The van der Waals surface area contributed by atoms with E-state index in [1.807, 2.05) is 0 Å². The van der Waals surface area contributed by atoms with Crippen molar-refractivity contribution in [3.63, 3.8) is 0 Å². The van der Waals surface area contributed by atoms with Gasteiger partial charge in [-0.3, -0.25) is 9.59 Å². The largest absolute Gasteiger partial charge is 0.508 e. The van der Waals surface area contributed by atoms with Crippen LogP contribution >= 0.6 is 0 Å². The van der Waals surface area contributed by atoms with Crippen molar-refractivity contribution >= 4 is 16.9 Å². The average Bonchev–Trinajstić information content (AvgIpc) is 2.97. The number of carbonyl (C=O) groups is 1. The van der Waals surface area contributed by atoms with E-state index >= 15 is 0 Å². The monoisotopic (exact) mass is 620 g/mol. The Hall–Kier alpha value is -3.80. The molecule has 3 heterocycles. The maximum absolute atomic E-state index is 13.2. The van der Waals surface area contributed by atoms with Gasteiger partial charge in [-0.05, 0) is 31.2 Å². The van der Waals surface area contributed by atoms with Gasteiger partial charge in [-0.25, -0.2) is 0 Å². The lowest BCUT2D eigenvalue weighted by Crippen LogP contribution is -2.62. The molecule has 0 radical (unpaired) electrons. The second-order valence-corrected chi connectivity index (χ2v) is 10.7. The number of aliphatic hydroxyl groups is 5. The fraction of sp³-hybridized carbons (Fsp3) is 0.448. The molecule has 10 atom stereocenters. The van der Waals surface area contributed by atoms with Crippen LogP contribution < -0.4 is 5.43 Å². The summed E-state index contributed by atoms with van der Waals surface area (Å²) in [5.41, 5.74) is -1.15. The normalized spacial score (nSPS) is 32.4. The van der Waals surface area contributed by atoms with Gasteiger partial charge in [-0.2, -0.15) is 0 Å². The maximum Gasteiger partial charge on any atom is 0.302 e. The maximum atomic E-state index is 13.2. The smallest absolute Gasteiger partial charge is 0.302 e. The second kappa shape index (κ2) is 12.3. The van der Waals surface area contributed by atoms with E-state index in [-0.39, 0.29) is 22.5 Å². The minimum absolute atomic E-state index is 0.0453. The molecule has 2 aliphatic heterocycles. The molecule has 10 unspecified atom stereocenters. The van der Waals surface area contributed by atoms with Gasteiger partial charge in [0.05, 0.1) is 11.7 Å². The Balaban J connectivity index is 1.66. The number of ether oxygens (including phenoxy) is 4. The van der Waals surface area contributed by atoms with Crippen LogP contribution in [0.3, 0.4) is 0 Å². The van der Waals surface area contributed by atoms with Gasteiger partial charge < -0.3 is 64.2 Å². The second-order valence-electron chi connectivity index (χ2n) is 10.7. The third kappa shape index (κ3) is 5.83. The number of hydrogen-bond donors (Lipinski definition) is 8. The SMILES string of the molecule is CC(=O)OCC1OC(c2c(O)cc(O)c3c(=O)cc(-c4ccc(O)cc4)oc23)C(OC2OC(C)C(O)C(O)C2O)C(O)C1O. The van der Waals surface area contributed by atoms with Crippen molar-refractivity contribution in [1.82, 2.24) is 0 Å². The lowest BCUT2D eigenvalue weighted by atomic mass is 9.89. The van der Waals surface area contributed by atoms with Crippen LogP contribution in [0.5, 0.6) is 17.2 Å². The van der Waals surface area contributed by atoms with E-state index < -0.39 is 96.3 Å². The van der Waals surface area contributed by atoms with Crippen LogP contribution in [-0.4, -0.2) is 109 Å². The molecule has 8 N–H and O–H groups in total. The molecule has 44 heavy (non-hydrogen) atoms. The van der Waals surface area contributed by atoms with Crippen molar-refractivity contribution in [2.24, 2.45) is 0 Å². The molecule has 2 fully saturated rings. The quantitative estimate of drug-likeness (QED) is 0.162. The first-order valence-corrected chi connectivity index (χ1v) is 13.6. The summed E-state index contributed by atoms with van der Waals surface area (Å²) in [5.74, 6) is -2.18. The first-order valence-electron chi connectivity index (χ1n) is 13.6. The van der Waals surface area contributed by atoms with Crippen LogP contribution in [0.15, 0.2) is 45.6 Å². The zero-order valence-corrected chi connectivity index (χ0v) is 23.4. The Bertz CT molecular complexity index is 1570. The Labute approximate surface area is 248 Å². The molecule has 238 valence electrons. The highest BCUT2D eigenvalue weighted by Crippen LogP contribution is 2.45. The molecular weight excluding hydrogens is 588 g/mol. The number of fused-ring (bicyclic) bond motifs is 1. The summed E-state index contributed by atoms with van der Waals surface area (Å²) < 4.78 is 28.3. The van der Waals surface area contributed by atoms with E-state index in [2.05, 4.69) is 0 Å². The number of phenolic OH excluding ortho intramolecular Hbond substituents is 3. The molecule has 3 aromatic rings. The molecule has 0 aliphatic carbocycles. The molecule has 1 aromatic heterocycles. The van der Waals surface area contributed by atoms with Crippen molar-refractivity contribution in [2.45, 2.75) is 75.1 Å². The van der Waals surface area contributed by atoms with Gasteiger partial charge in [0.1, 0.15) is 83.8 Å². The standard InChI is InChI=1S/C29H32O15/c1-10-21(35)23(37)25(39)29(41-10)44-28-24(38)22(36)18(9-40-11(2)30)43-27(28)20-15(33)7-14(32)19-16(34)8-17(42-26(19)20)12-3-5-13(31)6-4-12/h3-8,10,18,21-25,27-29,31-33,35-39H,9H2,1-2H3. The summed E-state index contributed by atoms with van der Waals surface area (Å²) in [6.07, 6.45) is -16.3. The molecule has 5 rings (SSSR count). The van der Waals surface area contributed by atoms with E-state index in [1.54, 1.807) is 0 Å². The van der Waals surface area contributed by atoms with Crippen molar-refractivity contribution in [1.29, 1.82) is 0 Å². The van der Waals surface area contributed by atoms with E-state index in [1.165, 1.54) is 31.2 Å². The van der Waals surface area contributed by atoms with Crippen LogP contribution in [-0.2, 0) is 23.7 Å².